The highest BCUT2D eigenvalue weighted by Crippen LogP contribution is 2.31. The number of hydrogen-bond donors (Lipinski definition) is 3. The molecule has 0 saturated carbocycles. The molecule has 1 atom stereocenters. The summed E-state index contributed by atoms with van der Waals surface area (Å²) in [5.74, 6) is 0.930. The predicted octanol–water partition coefficient (Wildman–Crippen LogP) is 3.16. The van der Waals surface area contributed by atoms with Gasteiger partial charge in [-0.25, -0.2) is 0 Å². The Morgan fingerprint density at radius 3 is 2.66 bits per heavy atom. The van der Waals surface area contributed by atoms with Gasteiger partial charge in [-0.05, 0) is 36.9 Å². The summed E-state index contributed by atoms with van der Waals surface area (Å²) in [5.41, 5.74) is 4.58. The molecule has 3 N–H and O–H groups in total. The van der Waals surface area contributed by atoms with E-state index < -0.39 is 0 Å². The first kappa shape index (κ1) is 23.2. The van der Waals surface area contributed by atoms with Gasteiger partial charge in [-0.1, -0.05) is 42.5 Å². The van der Waals surface area contributed by atoms with Crippen LogP contribution < -0.4 is 16.0 Å². The van der Waals surface area contributed by atoms with Gasteiger partial charge in [0.2, 0.25) is 5.91 Å². The van der Waals surface area contributed by atoms with E-state index >= 15 is 0 Å². The number of nitrogens with one attached hydrogen (secondary N) is 3. The maximum absolute atomic E-state index is 12.0. The van der Waals surface area contributed by atoms with E-state index in [0.29, 0.717) is 19.5 Å². The lowest BCUT2D eigenvalue weighted by atomic mass is 9.90. The van der Waals surface area contributed by atoms with Crippen molar-refractivity contribution in [3.8, 4) is 0 Å². The van der Waals surface area contributed by atoms with Crippen molar-refractivity contribution in [2.75, 3.05) is 33.0 Å². The number of guanidine groups is 1. The zero-order valence-electron chi connectivity index (χ0n) is 17.2. The second kappa shape index (κ2) is 11.2. The van der Waals surface area contributed by atoms with Gasteiger partial charge >= 0.3 is 0 Å². The molecule has 2 aromatic carbocycles. The molecular formula is C22H30IN5O. The number of carbonyl (C=O) groups is 1. The number of nitrogens with zero attached hydrogens (tertiary/aromatic N) is 2. The molecule has 0 aromatic heterocycles. The molecule has 3 rings (SSSR count). The normalized spacial score (nSPS) is 15.9. The predicted molar refractivity (Wildman–Crippen MR) is 130 cm³/mol. The van der Waals surface area contributed by atoms with Crippen molar-refractivity contribution < 1.29 is 4.79 Å². The Morgan fingerprint density at radius 1 is 1.14 bits per heavy atom. The second-order valence-corrected chi connectivity index (χ2v) is 7.40. The zero-order valence-corrected chi connectivity index (χ0v) is 19.6. The maximum Gasteiger partial charge on any atom is 0.225 e. The van der Waals surface area contributed by atoms with E-state index in [1.165, 1.54) is 16.7 Å². The number of halogens is 1. The number of amides is 1. The summed E-state index contributed by atoms with van der Waals surface area (Å²) < 4.78 is 0. The standard InChI is InChI=1S/C22H29N5O.HI/c1-23-22(24-13-16-7-6-8-17(11-16)15-27(2)3)25-14-18-12-21(28)26-20-10-5-4-9-19(18)20;/h4-11,18H,12-15H2,1-3H3,(H,26,28)(H2,23,24,25);1H. The Kier molecular flexibility index (Phi) is 8.91. The third-order valence-electron chi connectivity index (χ3n) is 4.80. The highest BCUT2D eigenvalue weighted by molar-refractivity contribution is 14.0. The van der Waals surface area contributed by atoms with Crippen LogP contribution in [0, 0.1) is 0 Å². The van der Waals surface area contributed by atoms with Crippen LogP contribution in [-0.4, -0.2) is 44.5 Å². The van der Waals surface area contributed by atoms with E-state index in [1.807, 2.05) is 18.2 Å². The average molecular weight is 507 g/mol. The monoisotopic (exact) mass is 507 g/mol. The molecule has 1 heterocycles. The van der Waals surface area contributed by atoms with Gasteiger partial charge in [-0.2, -0.15) is 0 Å². The lowest BCUT2D eigenvalue weighted by Gasteiger charge is -2.26. The fourth-order valence-electron chi connectivity index (χ4n) is 3.51. The van der Waals surface area contributed by atoms with Crippen LogP contribution >= 0.6 is 24.0 Å². The molecule has 2 aromatic rings. The van der Waals surface area contributed by atoms with E-state index in [9.17, 15) is 4.79 Å². The van der Waals surface area contributed by atoms with Gasteiger partial charge in [0, 0.05) is 44.7 Å². The van der Waals surface area contributed by atoms with Gasteiger partial charge in [-0.15, -0.1) is 24.0 Å². The Balaban J connectivity index is 0.00000300. The first-order valence-electron chi connectivity index (χ1n) is 9.61. The van der Waals surface area contributed by atoms with E-state index in [1.54, 1.807) is 7.05 Å². The number of carbonyl (C=O) groups excluding carboxylic acids is 1. The van der Waals surface area contributed by atoms with Crippen molar-refractivity contribution in [2.24, 2.45) is 4.99 Å². The smallest absolute Gasteiger partial charge is 0.225 e. The summed E-state index contributed by atoms with van der Waals surface area (Å²) in [7, 11) is 5.90. The van der Waals surface area contributed by atoms with Gasteiger partial charge in [0.15, 0.2) is 5.96 Å². The van der Waals surface area contributed by atoms with Gasteiger partial charge in [0.25, 0.3) is 0 Å². The molecule has 0 fully saturated rings. The minimum Gasteiger partial charge on any atom is -0.356 e. The first-order valence-corrected chi connectivity index (χ1v) is 9.61. The summed E-state index contributed by atoms with van der Waals surface area (Å²) in [5, 5.41) is 9.67. The number of fused-ring (bicyclic) bond motifs is 1. The molecule has 0 spiro atoms. The van der Waals surface area contributed by atoms with E-state index in [-0.39, 0.29) is 35.8 Å². The molecule has 1 aliphatic rings. The molecule has 1 amide bonds. The molecule has 1 unspecified atom stereocenters. The minimum absolute atomic E-state index is 0. The second-order valence-electron chi connectivity index (χ2n) is 7.40. The molecule has 0 aliphatic carbocycles. The van der Waals surface area contributed by atoms with Crippen LogP contribution in [0.15, 0.2) is 53.5 Å². The van der Waals surface area contributed by atoms with Crippen molar-refractivity contribution in [1.29, 1.82) is 0 Å². The van der Waals surface area contributed by atoms with Crippen LogP contribution in [0.3, 0.4) is 0 Å². The molecule has 156 valence electrons. The van der Waals surface area contributed by atoms with E-state index in [0.717, 1.165) is 18.2 Å². The molecule has 0 saturated heterocycles. The Bertz CT molecular complexity index is 853. The SMILES string of the molecule is CN=C(NCc1cccc(CN(C)C)c1)NCC1CC(=O)Nc2ccccc21.I. The lowest BCUT2D eigenvalue weighted by molar-refractivity contribution is -0.116. The van der Waals surface area contributed by atoms with Crippen molar-refractivity contribution in [3.05, 3.63) is 65.2 Å². The van der Waals surface area contributed by atoms with Gasteiger partial charge in [-0.3, -0.25) is 9.79 Å². The molecule has 0 bridgehead atoms. The van der Waals surface area contributed by atoms with Crippen molar-refractivity contribution in [3.63, 3.8) is 0 Å². The third-order valence-corrected chi connectivity index (χ3v) is 4.80. The summed E-state index contributed by atoms with van der Waals surface area (Å²) in [6.45, 7) is 2.28. The molecule has 29 heavy (non-hydrogen) atoms. The number of anilines is 1. The largest absolute Gasteiger partial charge is 0.356 e. The molecule has 6 nitrogen and oxygen atoms in total. The summed E-state index contributed by atoms with van der Waals surface area (Å²) in [6.07, 6.45) is 0.480. The quantitative estimate of drug-likeness (QED) is 0.319. The molecule has 0 radical (unpaired) electrons. The van der Waals surface area contributed by atoms with Gasteiger partial charge in [0.1, 0.15) is 0 Å². The molecule has 7 heteroatoms. The van der Waals surface area contributed by atoms with E-state index in [2.05, 4.69) is 70.3 Å². The third kappa shape index (κ3) is 6.71. The average Bonchev–Trinajstić information content (AvgIpc) is 2.67. The van der Waals surface area contributed by atoms with Crippen LogP contribution in [0.5, 0.6) is 0 Å². The van der Waals surface area contributed by atoms with Crippen LogP contribution in [0.2, 0.25) is 0 Å². The summed E-state index contributed by atoms with van der Waals surface area (Å²) >= 11 is 0. The lowest BCUT2D eigenvalue weighted by Crippen LogP contribution is -2.40. The topological polar surface area (TPSA) is 68.8 Å². The van der Waals surface area contributed by atoms with E-state index in [4.69, 9.17) is 0 Å². The molecule has 1 aliphatic heterocycles. The first-order chi connectivity index (χ1) is 13.5. The van der Waals surface area contributed by atoms with Crippen molar-refractivity contribution in [1.82, 2.24) is 15.5 Å². The minimum atomic E-state index is 0. The molecular weight excluding hydrogens is 477 g/mol. The van der Waals surface area contributed by atoms with Gasteiger partial charge in [0.05, 0.1) is 0 Å². The number of hydrogen-bond acceptors (Lipinski definition) is 3. The summed E-state index contributed by atoms with van der Waals surface area (Å²) in [6, 6.07) is 16.5. The van der Waals surface area contributed by atoms with Crippen LogP contribution in [0.1, 0.15) is 29.0 Å². The maximum atomic E-state index is 12.0. The van der Waals surface area contributed by atoms with Crippen molar-refractivity contribution >= 4 is 41.5 Å². The van der Waals surface area contributed by atoms with Crippen LogP contribution in [0.25, 0.3) is 0 Å². The fourth-order valence-corrected chi connectivity index (χ4v) is 3.51. The highest BCUT2D eigenvalue weighted by Gasteiger charge is 2.24. The number of para-hydroxylation sites is 1. The van der Waals surface area contributed by atoms with Crippen LogP contribution in [-0.2, 0) is 17.9 Å². The Morgan fingerprint density at radius 2 is 1.90 bits per heavy atom. The fraction of sp³-hybridized carbons (Fsp3) is 0.364. The zero-order chi connectivity index (χ0) is 19.9. The number of benzene rings is 2. The number of rotatable bonds is 6. The Hall–Kier alpha value is -2.13. The summed E-state index contributed by atoms with van der Waals surface area (Å²) in [4.78, 5) is 18.5. The highest BCUT2D eigenvalue weighted by atomic mass is 127. The van der Waals surface area contributed by atoms with Crippen molar-refractivity contribution in [2.45, 2.75) is 25.4 Å². The van der Waals surface area contributed by atoms with Crippen LogP contribution in [0.4, 0.5) is 5.69 Å². The number of aliphatic imine (C=N–C) groups is 1. The van der Waals surface area contributed by atoms with Gasteiger partial charge < -0.3 is 20.9 Å². The Labute approximate surface area is 190 Å².